The van der Waals surface area contributed by atoms with Crippen LogP contribution in [0.3, 0.4) is 0 Å². The summed E-state index contributed by atoms with van der Waals surface area (Å²) in [5.74, 6) is 7.07. The van der Waals surface area contributed by atoms with Crippen LogP contribution in [0.4, 0.5) is 0 Å². The predicted octanol–water partition coefficient (Wildman–Crippen LogP) is 3.10. The van der Waals surface area contributed by atoms with Crippen LogP contribution < -0.4 is 16.0 Å². The van der Waals surface area contributed by atoms with Crippen molar-refractivity contribution in [2.45, 2.75) is 58.3 Å². The largest absolute Gasteiger partial charge is 0.496 e. The molecule has 0 aliphatic carbocycles. The summed E-state index contributed by atoms with van der Waals surface area (Å²) < 4.78 is 11.6. The second kappa shape index (κ2) is 5.59. The van der Waals surface area contributed by atoms with Gasteiger partial charge in [0.05, 0.1) is 24.4 Å². The first-order chi connectivity index (χ1) is 9.70. The lowest BCUT2D eigenvalue weighted by Crippen LogP contribution is -2.41. The van der Waals surface area contributed by atoms with E-state index in [4.69, 9.17) is 15.3 Å². The van der Waals surface area contributed by atoms with E-state index in [9.17, 15) is 0 Å². The summed E-state index contributed by atoms with van der Waals surface area (Å²) in [4.78, 5) is 0. The van der Waals surface area contributed by atoms with Gasteiger partial charge in [0.1, 0.15) is 5.75 Å². The third-order valence-corrected chi connectivity index (χ3v) is 4.52. The van der Waals surface area contributed by atoms with Crippen LogP contribution in [0.2, 0.25) is 0 Å². The van der Waals surface area contributed by atoms with Crippen molar-refractivity contribution in [3.8, 4) is 5.75 Å². The van der Waals surface area contributed by atoms with Crippen LogP contribution in [0, 0.1) is 12.8 Å². The van der Waals surface area contributed by atoms with Crippen LogP contribution in [0.1, 0.15) is 51.3 Å². The minimum absolute atomic E-state index is 0.0382. The normalized spacial score (nSPS) is 24.8. The molecule has 0 radical (unpaired) electrons. The summed E-state index contributed by atoms with van der Waals surface area (Å²) in [5.41, 5.74) is 4.90. The van der Waals surface area contributed by atoms with Gasteiger partial charge in [0, 0.05) is 5.92 Å². The Bertz CT molecular complexity index is 512. The Morgan fingerprint density at radius 3 is 2.48 bits per heavy atom. The molecule has 3 N–H and O–H groups in total. The molecule has 0 saturated carbocycles. The maximum Gasteiger partial charge on any atom is 0.122 e. The molecule has 0 aromatic heterocycles. The molecule has 1 aromatic carbocycles. The second-order valence-electron chi connectivity index (χ2n) is 7.15. The molecular formula is C17H28N2O2. The van der Waals surface area contributed by atoms with Crippen molar-refractivity contribution in [2.24, 2.45) is 11.8 Å². The van der Waals surface area contributed by atoms with E-state index >= 15 is 0 Å². The number of rotatable bonds is 4. The highest BCUT2D eigenvalue weighted by Crippen LogP contribution is 2.47. The Labute approximate surface area is 128 Å². The first kappa shape index (κ1) is 16.3. The molecule has 1 aliphatic heterocycles. The number of nitrogens with one attached hydrogen (secondary N) is 1. The van der Waals surface area contributed by atoms with Crippen molar-refractivity contribution in [1.29, 1.82) is 0 Å². The van der Waals surface area contributed by atoms with E-state index in [0.29, 0.717) is 5.92 Å². The zero-order valence-corrected chi connectivity index (χ0v) is 14.0. The number of aryl methyl sites for hydroxylation is 1. The quantitative estimate of drug-likeness (QED) is 0.661. The van der Waals surface area contributed by atoms with Crippen molar-refractivity contribution in [1.82, 2.24) is 5.43 Å². The second-order valence-corrected chi connectivity index (χ2v) is 7.15. The molecule has 21 heavy (non-hydrogen) atoms. The van der Waals surface area contributed by atoms with Crippen LogP contribution in [0.25, 0.3) is 0 Å². The Morgan fingerprint density at radius 1 is 1.33 bits per heavy atom. The van der Waals surface area contributed by atoms with Crippen LogP contribution in [0.15, 0.2) is 18.2 Å². The van der Waals surface area contributed by atoms with E-state index < -0.39 is 0 Å². The van der Waals surface area contributed by atoms with Crippen molar-refractivity contribution in [3.05, 3.63) is 29.3 Å². The van der Waals surface area contributed by atoms with E-state index in [0.717, 1.165) is 23.3 Å². The molecular weight excluding hydrogens is 264 g/mol. The zero-order valence-electron chi connectivity index (χ0n) is 14.0. The highest BCUT2D eigenvalue weighted by atomic mass is 16.5. The van der Waals surface area contributed by atoms with E-state index in [-0.39, 0.29) is 17.2 Å². The van der Waals surface area contributed by atoms with Gasteiger partial charge >= 0.3 is 0 Å². The van der Waals surface area contributed by atoms with Gasteiger partial charge in [-0.3, -0.25) is 11.3 Å². The molecule has 4 nitrogen and oxygen atoms in total. The van der Waals surface area contributed by atoms with Crippen molar-refractivity contribution in [2.75, 3.05) is 7.11 Å². The summed E-state index contributed by atoms with van der Waals surface area (Å²) in [6, 6.07) is 6.30. The van der Waals surface area contributed by atoms with E-state index in [1.807, 2.05) is 6.92 Å². The molecule has 0 bridgehead atoms. The molecule has 1 fully saturated rings. The fraction of sp³-hybridized carbons (Fsp3) is 0.647. The van der Waals surface area contributed by atoms with Gasteiger partial charge in [-0.2, -0.15) is 0 Å². The van der Waals surface area contributed by atoms with Gasteiger partial charge in [0.25, 0.3) is 0 Å². The minimum atomic E-state index is -0.224. The molecule has 118 valence electrons. The summed E-state index contributed by atoms with van der Waals surface area (Å²) >= 11 is 0. The molecule has 4 heteroatoms. The average molecular weight is 292 g/mol. The van der Waals surface area contributed by atoms with E-state index in [1.54, 1.807) is 7.11 Å². The lowest BCUT2D eigenvalue weighted by molar-refractivity contribution is -0.0779. The van der Waals surface area contributed by atoms with Gasteiger partial charge in [-0.05, 0) is 58.2 Å². The van der Waals surface area contributed by atoms with E-state index in [2.05, 4.69) is 51.3 Å². The van der Waals surface area contributed by atoms with Gasteiger partial charge < -0.3 is 9.47 Å². The summed E-state index contributed by atoms with van der Waals surface area (Å²) in [6.07, 6.45) is 0.963. The Hall–Kier alpha value is -1.10. The van der Waals surface area contributed by atoms with Crippen LogP contribution >= 0.6 is 0 Å². The number of hydrogen-bond acceptors (Lipinski definition) is 4. The molecule has 0 spiro atoms. The predicted molar refractivity (Wildman–Crippen MR) is 85.1 cm³/mol. The highest BCUT2D eigenvalue weighted by molar-refractivity contribution is 5.38. The van der Waals surface area contributed by atoms with Crippen LogP contribution in [-0.2, 0) is 4.74 Å². The number of hydrogen-bond donors (Lipinski definition) is 2. The molecule has 1 aromatic rings. The van der Waals surface area contributed by atoms with E-state index in [1.165, 1.54) is 0 Å². The van der Waals surface area contributed by atoms with Gasteiger partial charge in [0.15, 0.2) is 0 Å². The molecule has 2 rings (SSSR count). The molecule has 1 saturated heterocycles. The van der Waals surface area contributed by atoms with Gasteiger partial charge in [-0.15, -0.1) is 0 Å². The number of benzene rings is 1. The number of ether oxygens (including phenoxy) is 2. The Morgan fingerprint density at radius 2 is 2.00 bits per heavy atom. The fourth-order valence-electron chi connectivity index (χ4n) is 3.60. The number of methoxy groups -OCH3 is 1. The zero-order chi connectivity index (χ0) is 15.8. The lowest BCUT2D eigenvalue weighted by Gasteiger charge is -2.33. The molecule has 0 amide bonds. The molecule has 2 unspecified atom stereocenters. The highest BCUT2D eigenvalue weighted by Gasteiger charge is 2.49. The van der Waals surface area contributed by atoms with Crippen molar-refractivity contribution < 1.29 is 9.47 Å². The topological polar surface area (TPSA) is 56.5 Å². The Balaban J connectivity index is 2.36. The Kier molecular flexibility index (Phi) is 4.34. The maximum atomic E-state index is 6.21. The number of hydrazine groups is 1. The smallest absolute Gasteiger partial charge is 0.122 e. The van der Waals surface area contributed by atoms with Crippen LogP contribution in [-0.4, -0.2) is 18.3 Å². The number of nitrogens with two attached hydrogens (primary N) is 1. The van der Waals surface area contributed by atoms with Crippen LogP contribution in [0.5, 0.6) is 5.75 Å². The van der Waals surface area contributed by atoms with Gasteiger partial charge in [-0.1, -0.05) is 12.1 Å². The monoisotopic (exact) mass is 292 g/mol. The first-order valence-electron chi connectivity index (χ1n) is 7.51. The minimum Gasteiger partial charge on any atom is -0.496 e. The van der Waals surface area contributed by atoms with Crippen molar-refractivity contribution >= 4 is 0 Å². The molecule has 1 aliphatic rings. The third-order valence-electron chi connectivity index (χ3n) is 4.52. The standard InChI is InChI=1S/C17H28N2O2/c1-11-7-8-12(9-14(11)20-6)15(19-18)13-10-16(2,3)21-17(13,4)5/h7-9,13,15,19H,10,18H2,1-6H3. The van der Waals surface area contributed by atoms with Gasteiger partial charge in [-0.25, -0.2) is 0 Å². The SMILES string of the molecule is COc1cc(C(NN)C2CC(C)(C)OC2(C)C)ccc1C. The third kappa shape index (κ3) is 3.23. The summed E-state index contributed by atoms with van der Waals surface area (Å²) in [7, 11) is 1.70. The lowest BCUT2D eigenvalue weighted by atomic mass is 9.79. The van der Waals surface area contributed by atoms with Gasteiger partial charge in [0.2, 0.25) is 0 Å². The van der Waals surface area contributed by atoms with Crippen molar-refractivity contribution in [3.63, 3.8) is 0 Å². The molecule has 1 heterocycles. The first-order valence-corrected chi connectivity index (χ1v) is 7.51. The molecule has 2 atom stereocenters. The summed E-state index contributed by atoms with van der Waals surface area (Å²) in [5, 5.41) is 0. The maximum absolute atomic E-state index is 6.21. The summed E-state index contributed by atoms with van der Waals surface area (Å²) in [6.45, 7) is 10.6. The average Bonchev–Trinajstić information content (AvgIpc) is 2.60. The fourth-order valence-corrected chi connectivity index (χ4v) is 3.60.